The van der Waals surface area contributed by atoms with Gasteiger partial charge in [-0.2, -0.15) is 0 Å². The van der Waals surface area contributed by atoms with Crippen molar-refractivity contribution in [1.82, 2.24) is 0 Å². The molecule has 0 saturated carbocycles. The van der Waals surface area contributed by atoms with Crippen molar-refractivity contribution in [3.05, 3.63) is 78.4 Å². The fraction of sp³-hybridized carbons (Fsp3) is 0. The molecule has 4 heteroatoms. The fourth-order valence-corrected chi connectivity index (χ4v) is 2.04. The van der Waals surface area contributed by atoms with Gasteiger partial charge in [-0.3, -0.25) is 4.99 Å². The summed E-state index contributed by atoms with van der Waals surface area (Å²) < 4.78 is 5.75. The van der Waals surface area contributed by atoms with Crippen LogP contribution in [0.5, 0.6) is 23.0 Å². The summed E-state index contributed by atoms with van der Waals surface area (Å²) in [5, 5.41) is 19.0. The van der Waals surface area contributed by atoms with Gasteiger partial charge in [-0.1, -0.05) is 24.3 Å². The van der Waals surface area contributed by atoms with E-state index in [-0.39, 0.29) is 11.5 Å². The number of para-hydroxylation sites is 1. The van der Waals surface area contributed by atoms with E-state index in [1.54, 1.807) is 12.1 Å². The van der Waals surface area contributed by atoms with Crippen LogP contribution < -0.4 is 4.74 Å². The Labute approximate surface area is 134 Å². The molecule has 0 unspecified atom stereocenters. The first-order valence-electron chi connectivity index (χ1n) is 7.10. The second-order valence-electron chi connectivity index (χ2n) is 4.91. The smallest absolute Gasteiger partial charge is 0.129 e. The number of phenolic OH excluding ortho intramolecular Hbond substituents is 2. The topological polar surface area (TPSA) is 62.1 Å². The highest BCUT2D eigenvalue weighted by atomic mass is 16.5. The lowest BCUT2D eigenvalue weighted by molar-refractivity contribution is 0.450. The highest BCUT2D eigenvalue weighted by Gasteiger charge is 2.00. The molecule has 0 saturated heterocycles. The van der Waals surface area contributed by atoms with Crippen molar-refractivity contribution < 1.29 is 14.9 Å². The molecule has 2 N–H and O–H groups in total. The van der Waals surface area contributed by atoms with Gasteiger partial charge in [0.1, 0.15) is 23.0 Å². The molecule has 0 fully saturated rings. The molecule has 0 heterocycles. The van der Waals surface area contributed by atoms with Gasteiger partial charge in [0.2, 0.25) is 0 Å². The van der Waals surface area contributed by atoms with E-state index in [9.17, 15) is 10.2 Å². The van der Waals surface area contributed by atoms with E-state index in [0.717, 1.165) is 5.75 Å². The molecular weight excluding hydrogens is 290 g/mol. The number of ether oxygens (including phenoxy) is 1. The number of aromatic hydroxyl groups is 2. The Hall–Kier alpha value is -3.27. The van der Waals surface area contributed by atoms with Gasteiger partial charge in [-0.15, -0.1) is 0 Å². The van der Waals surface area contributed by atoms with E-state index in [2.05, 4.69) is 4.99 Å². The summed E-state index contributed by atoms with van der Waals surface area (Å²) in [6.07, 6.45) is 1.54. The van der Waals surface area contributed by atoms with Crippen LogP contribution in [0.2, 0.25) is 0 Å². The molecule has 114 valence electrons. The van der Waals surface area contributed by atoms with Crippen LogP contribution >= 0.6 is 0 Å². The quantitative estimate of drug-likeness (QED) is 0.690. The average Bonchev–Trinajstić information content (AvgIpc) is 2.55. The summed E-state index contributed by atoms with van der Waals surface area (Å²) in [5.74, 6) is 1.42. The lowest BCUT2D eigenvalue weighted by atomic mass is 10.2. The Morgan fingerprint density at radius 1 is 0.783 bits per heavy atom. The molecule has 0 radical (unpaired) electrons. The van der Waals surface area contributed by atoms with Gasteiger partial charge < -0.3 is 14.9 Å². The van der Waals surface area contributed by atoms with Gasteiger partial charge in [-0.05, 0) is 36.4 Å². The molecule has 0 aliphatic rings. The van der Waals surface area contributed by atoms with Crippen molar-refractivity contribution in [2.24, 2.45) is 4.99 Å². The van der Waals surface area contributed by atoms with E-state index in [4.69, 9.17) is 4.74 Å². The van der Waals surface area contributed by atoms with Gasteiger partial charge in [0.25, 0.3) is 0 Å². The minimum absolute atomic E-state index is 0.0120. The Morgan fingerprint density at radius 3 is 2.35 bits per heavy atom. The van der Waals surface area contributed by atoms with E-state index >= 15 is 0 Å². The van der Waals surface area contributed by atoms with Crippen LogP contribution in [-0.4, -0.2) is 16.4 Å². The number of hydrogen-bond acceptors (Lipinski definition) is 4. The highest BCUT2D eigenvalue weighted by Crippen LogP contribution is 2.26. The summed E-state index contributed by atoms with van der Waals surface area (Å²) >= 11 is 0. The van der Waals surface area contributed by atoms with Crippen LogP contribution in [0.15, 0.2) is 77.8 Å². The van der Waals surface area contributed by atoms with Crippen molar-refractivity contribution >= 4 is 11.9 Å². The maximum absolute atomic E-state index is 9.74. The zero-order valence-electron chi connectivity index (χ0n) is 12.3. The Balaban J connectivity index is 1.78. The molecule has 4 nitrogen and oxygen atoms in total. The molecule has 0 bridgehead atoms. The maximum Gasteiger partial charge on any atom is 0.129 e. The number of nitrogens with zero attached hydrogens (tertiary/aromatic N) is 1. The largest absolute Gasteiger partial charge is 0.508 e. The maximum atomic E-state index is 9.74. The standard InChI is InChI=1S/C19H15NO3/c21-16-10-9-14(19(22)12-16)13-20-15-5-4-8-18(11-15)23-17-6-2-1-3-7-17/h1-13,21-22H. The third kappa shape index (κ3) is 3.89. The third-order valence-corrected chi connectivity index (χ3v) is 3.16. The predicted molar refractivity (Wildman–Crippen MR) is 90.0 cm³/mol. The minimum atomic E-state index is -0.0227. The molecule has 0 aliphatic heterocycles. The molecule has 0 aromatic heterocycles. The van der Waals surface area contributed by atoms with Crippen molar-refractivity contribution in [3.63, 3.8) is 0 Å². The summed E-state index contributed by atoms with van der Waals surface area (Å²) in [5.41, 5.74) is 1.23. The number of benzene rings is 3. The predicted octanol–water partition coefficient (Wildman–Crippen LogP) is 4.64. The van der Waals surface area contributed by atoms with Crippen LogP contribution in [0, 0.1) is 0 Å². The van der Waals surface area contributed by atoms with Crippen LogP contribution in [-0.2, 0) is 0 Å². The number of aliphatic imine (C=N–C) groups is 1. The molecule has 3 rings (SSSR count). The first-order valence-corrected chi connectivity index (χ1v) is 7.10. The van der Waals surface area contributed by atoms with Crippen LogP contribution in [0.3, 0.4) is 0 Å². The van der Waals surface area contributed by atoms with Gasteiger partial charge in [0.15, 0.2) is 0 Å². The van der Waals surface area contributed by atoms with Crippen molar-refractivity contribution in [2.45, 2.75) is 0 Å². The molecular formula is C19H15NO3. The van der Waals surface area contributed by atoms with Crippen LogP contribution in [0.25, 0.3) is 0 Å². The van der Waals surface area contributed by atoms with Gasteiger partial charge >= 0.3 is 0 Å². The highest BCUT2D eigenvalue weighted by molar-refractivity contribution is 5.85. The van der Waals surface area contributed by atoms with E-state index in [0.29, 0.717) is 17.0 Å². The molecule has 0 atom stereocenters. The number of phenols is 2. The molecule has 0 aliphatic carbocycles. The Morgan fingerprint density at radius 2 is 1.57 bits per heavy atom. The lowest BCUT2D eigenvalue weighted by Gasteiger charge is -2.05. The number of rotatable bonds is 4. The minimum Gasteiger partial charge on any atom is -0.508 e. The van der Waals surface area contributed by atoms with Gasteiger partial charge in [0, 0.05) is 23.9 Å². The monoisotopic (exact) mass is 305 g/mol. The zero-order valence-corrected chi connectivity index (χ0v) is 12.3. The summed E-state index contributed by atoms with van der Waals surface area (Å²) in [7, 11) is 0. The first kappa shape index (κ1) is 14.7. The molecule has 0 spiro atoms. The third-order valence-electron chi connectivity index (χ3n) is 3.16. The van der Waals surface area contributed by atoms with Gasteiger partial charge in [-0.25, -0.2) is 0 Å². The van der Waals surface area contributed by atoms with Crippen LogP contribution in [0.4, 0.5) is 5.69 Å². The normalized spacial score (nSPS) is 10.8. The molecule has 3 aromatic carbocycles. The second-order valence-corrected chi connectivity index (χ2v) is 4.91. The summed E-state index contributed by atoms with van der Waals surface area (Å²) in [6, 6.07) is 21.2. The summed E-state index contributed by atoms with van der Waals surface area (Å²) in [4.78, 5) is 4.32. The van der Waals surface area contributed by atoms with E-state index in [1.165, 1.54) is 18.3 Å². The van der Waals surface area contributed by atoms with E-state index < -0.39 is 0 Å². The molecule has 3 aromatic rings. The van der Waals surface area contributed by atoms with Crippen molar-refractivity contribution in [2.75, 3.05) is 0 Å². The van der Waals surface area contributed by atoms with Gasteiger partial charge in [0.05, 0.1) is 5.69 Å². The molecule has 0 amide bonds. The van der Waals surface area contributed by atoms with Crippen LogP contribution in [0.1, 0.15) is 5.56 Å². The molecule has 23 heavy (non-hydrogen) atoms. The summed E-state index contributed by atoms with van der Waals surface area (Å²) in [6.45, 7) is 0. The van der Waals surface area contributed by atoms with Crippen molar-refractivity contribution in [1.29, 1.82) is 0 Å². The number of hydrogen-bond donors (Lipinski definition) is 2. The lowest BCUT2D eigenvalue weighted by Crippen LogP contribution is -1.84. The van der Waals surface area contributed by atoms with Crippen molar-refractivity contribution in [3.8, 4) is 23.0 Å². The zero-order chi connectivity index (χ0) is 16.1. The average molecular weight is 305 g/mol. The SMILES string of the molecule is Oc1ccc(C=Nc2cccc(Oc3ccccc3)c2)c(O)c1. The second kappa shape index (κ2) is 6.66. The fourth-order valence-electron chi connectivity index (χ4n) is 2.04. The Kier molecular flexibility index (Phi) is 4.25. The first-order chi connectivity index (χ1) is 11.2. The van der Waals surface area contributed by atoms with E-state index in [1.807, 2.05) is 48.5 Å². The Bertz CT molecular complexity index is 829.